The summed E-state index contributed by atoms with van der Waals surface area (Å²) >= 11 is 12.5. The minimum Gasteiger partial charge on any atom is -0.352 e. The van der Waals surface area contributed by atoms with Crippen LogP contribution in [-0.4, -0.2) is 28.5 Å². The Morgan fingerprint density at radius 1 is 1.15 bits per heavy atom. The van der Waals surface area contributed by atoms with Crippen LogP contribution >= 0.6 is 23.2 Å². The second-order valence-corrected chi connectivity index (χ2v) is 9.01. The monoisotopic (exact) mass is 498 g/mol. The summed E-state index contributed by atoms with van der Waals surface area (Å²) in [5, 5.41) is 12.7. The van der Waals surface area contributed by atoms with Crippen LogP contribution in [0.4, 0.5) is 15.8 Å². The molecule has 174 valence electrons. The number of hydrogen-bond donors (Lipinski definition) is 1. The molecule has 34 heavy (non-hydrogen) atoms. The Kier molecular flexibility index (Phi) is 6.92. The summed E-state index contributed by atoms with van der Waals surface area (Å²) in [5.74, 6) is -0.323. The van der Waals surface area contributed by atoms with Crippen molar-refractivity contribution in [2.45, 2.75) is 18.8 Å². The lowest BCUT2D eigenvalue weighted by molar-refractivity contribution is 0.0713. The molecule has 6 nitrogen and oxygen atoms in total. The van der Waals surface area contributed by atoms with Gasteiger partial charge < -0.3 is 14.8 Å². The van der Waals surface area contributed by atoms with Gasteiger partial charge >= 0.3 is 0 Å². The Morgan fingerprint density at radius 2 is 1.82 bits per heavy atom. The zero-order valence-electron chi connectivity index (χ0n) is 18.3. The fourth-order valence-electron chi connectivity index (χ4n) is 4.15. The third-order valence-corrected chi connectivity index (χ3v) is 6.62. The lowest BCUT2D eigenvalue weighted by Gasteiger charge is -2.33. The molecule has 4 rings (SSSR count). The SMILES string of the molecule is Cn1cc(C(=O)N2CCC(c3ccc(F)cc3)CC2)c(Nc2cc(Cl)ccc2C#N)c(Cl)c1=O. The van der Waals surface area contributed by atoms with Crippen molar-refractivity contribution in [3.8, 4) is 6.07 Å². The molecule has 0 spiro atoms. The number of nitrogens with one attached hydrogen (secondary N) is 1. The first kappa shape index (κ1) is 23.8. The number of rotatable bonds is 4. The molecular weight excluding hydrogens is 478 g/mol. The summed E-state index contributed by atoms with van der Waals surface area (Å²) in [7, 11) is 1.52. The molecule has 1 fully saturated rings. The molecule has 1 aromatic heterocycles. The number of hydrogen-bond acceptors (Lipinski definition) is 4. The average Bonchev–Trinajstić information content (AvgIpc) is 2.84. The lowest BCUT2D eigenvalue weighted by Crippen LogP contribution is -2.39. The molecule has 2 heterocycles. The number of benzene rings is 2. The maximum atomic E-state index is 13.5. The van der Waals surface area contributed by atoms with Crippen LogP contribution in [0.15, 0.2) is 53.5 Å². The number of carbonyl (C=O) groups excluding carboxylic acids is 1. The van der Waals surface area contributed by atoms with E-state index in [-0.39, 0.29) is 33.9 Å². The number of halogens is 3. The van der Waals surface area contributed by atoms with E-state index in [2.05, 4.69) is 11.4 Å². The number of piperidine rings is 1. The van der Waals surface area contributed by atoms with E-state index in [1.165, 1.54) is 36.0 Å². The zero-order chi connectivity index (χ0) is 24.4. The molecule has 1 amide bonds. The predicted molar refractivity (Wildman–Crippen MR) is 130 cm³/mol. The minimum absolute atomic E-state index is 0.134. The van der Waals surface area contributed by atoms with Gasteiger partial charge in [0.25, 0.3) is 11.5 Å². The van der Waals surface area contributed by atoms with Crippen LogP contribution in [0.25, 0.3) is 0 Å². The maximum Gasteiger partial charge on any atom is 0.271 e. The molecule has 1 N–H and O–H groups in total. The Labute approximate surface area is 206 Å². The number of anilines is 2. The van der Waals surface area contributed by atoms with Crippen LogP contribution in [0, 0.1) is 17.1 Å². The molecule has 1 aliphatic rings. The molecular formula is C25H21Cl2FN4O2. The number of likely N-dealkylation sites (tertiary alicyclic amines) is 1. The highest BCUT2D eigenvalue weighted by Crippen LogP contribution is 2.33. The molecule has 1 saturated heterocycles. The second-order valence-electron chi connectivity index (χ2n) is 8.19. The van der Waals surface area contributed by atoms with Crippen molar-refractivity contribution in [2.75, 3.05) is 18.4 Å². The molecule has 9 heteroatoms. The van der Waals surface area contributed by atoms with Crippen LogP contribution in [0.3, 0.4) is 0 Å². The van der Waals surface area contributed by atoms with Crippen molar-refractivity contribution in [2.24, 2.45) is 7.05 Å². The van der Waals surface area contributed by atoms with Gasteiger partial charge in [-0.1, -0.05) is 35.3 Å². The van der Waals surface area contributed by atoms with Crippen LogP contribution in [0.1, 0.15) is 40.2 Å². The zero-order valence-corrected chi connectivity index (χ0v) is 19.8. The highest BCUT2D eigenvalue weighted by molar-refractivity contribution is 6.34. The van der Waals surface area contributed by atoms with Crippen LogP contribution in [0.2, 0.25) is 10.0 Å². The van der Waals surface area contributed by atoms with E-state index in [0.29, 0.717) is 29.4 Å². The maximum absolute atomic E-state index is 13.5. The first-order valence-corrected chi connectivity index (χ1v) is 11.4. The van der Waals surface area contributed by atoms with Gasteiger partial charge in [-0.05, 0) is 54.7 Å². The second kappa shape index (κ2) is 9.88. The van der Waals surface area contributed by atoms with Crippen molar-refractivity contribution >= 4 is 40.5 Å². The van der Waals surface area contributed by atoms with Gasteiger partial charge in [-0.2, -0.15) is 5.26 Å². The highest BCUT2D eigenvalue weighted by Gasteiger charge is 2.28. The molecule has 3 aromatic rings. The number of pyridine rings is 1. The van der Waals surface area contributed by atoms with Crippen molar-refractivity contribution in [3.63, 3.8) is 0 Å². The Balaban J connectivity index is 1.62. The van der Waals surface area contributed by atoms with Crippen LogP contribution in [0.5, 0.6) is 0 Å². The quantitative estimate of drug-likeness (QED) is 0.517. The van der Waals surface area contributed by atoms with Gasteiger partial charge in [0.1, 0.15) is 16.9 Å². The predicted octanol–water partition coefficient (Wildman–Crippen LogP) is 5.47. The number of amides is 1. The van der Waals surface area contributed by atoms with Gasteiger partial charge in [-0.25, -0.2) is 4.39 Å². The Hall–Kier alpha value is -3.34. The Bertz CT molecular complexity index is 1340. The largest absolute Gasteiger partial charge is 0.352 e. The molecule has 1 aliphatic heterocycles. The average molecular weight is 499 g/mol. The van der Waals surface area contributed by atoms with E-state index in [9.17, 15) is 19.2 Å². The molecule has 2 aromatic carbocycles. The van der Waals surface area contributed by atoms with E-state index in [0.717, 1.165) is 18.4 Å². The summed E-state index contributed by atoms with van der Waals surface area (Å²) in [5.41, 5.74) is 1.56. The first-order valence-electron chi connectivity index (χ1n) is 10.7. The van der Waals surface area contributed by atoms with Gasteiger partial charge in [0.05, 0.1) is 22.5 Å². The number of nitriles is 1. The number of nitrogens with zero attached hydrogens (tertiary/aromatic N) is 3. The minimum atomic E-state index is -0.476. The van der Waals surface area contributed by atoms with Crippen molar-refractivity contribution in [3.05, 3.63) is 91.6 Å². The van der Waals surface area contributed by atoms with Crippen molar-refractivity contribution in [1.29, 1.82) is 5.26 Å². The topological polar surface area (TPSA) is 78.1 Å². The number of aromatic nitrogens is 1. The molecule has 0 bridgehead atoms. The summed E-state index contributed by atoms with van der Waals surface area (Å²) in [4.78, 5) is 27.7. The van der Waals surface area contributed by atoms with Gasteiger partial charge in [0.15, 0.2) is 0 Å². The summed E-state index contributed by atoms with van der Waals surface area (Å²) in [6, 6.07) is 13.2. The summed E-state index contributed by atoms with van der Waals surface area (Å²) < 4.78 is 14.5. The number of aryl methyl sites for hydroxylation is 1. The summed E-state index contributed by atoms with van der Waals surface area (Å²) in [6.07, 6.45) is 2.90. The van der Waals surface area contributed by atoms with E-state index in [1.807, 2.05) is 0 Å². The van der Waals surface area contributed by atoms with Crippen LogP contribution in [-0.2, 0) is 7.05 Å². The lowest BCUT2D eigenvalue weighted by atomic mass is 9.89. The van der Waals surface area contributed by atoms with Crippen molar-refractivity contribution in [1.82, 2.24) is 9.47 Å². The van der Waals surface area contributed by atoms with Gasteiger partial charge in [0.2, 0.25) is 0 Å². The normalized spacial score (nSPS) is 14.0. The third-order valence-electron chi connectivity index (χ3n) is 6.04. The third kappa shape index (κ3) is 4.79. The fraction of sp³-hybridized carbons (Fsp3) is 0.240. The molecule has 0 radical (unpaired) electrons. The summed E-state index contributed by atoms with van der Waals surface area (Å²) in [6.45, 7) is 1.00. The van der Waals surface area contributed by atoms with Crippen LogP contribution < -0.4 is 10.9 Å². The van der Waals surface area contributed by atoms with Gasteiger partial charge in [-0.3, -0.25) is 9.59 Å². The van der Waals surface area contributed by atoms with Crippen molar-refractivity contribution < 1.29 is 9.18 Å². The van der Waals surface area contributed by atoms with E-state index < -0.39 is 5.56 Å². The number of carbonyl (C=O) groups is 1. The van der Waals surface area contributed by atoms with Gasteiger partial charge in [0, 0.05) is 31.4 Å². The van der Waals surface area contributed by atoms with Gasteiger partial charge in [-0.15, -0.1) is 0 Å². The van der Waals surface area contributed by atoms with E-state index >= 15 is 0 Å². The molecule has 0 unspecified atom stereocenters. The first-order chi connectivity index (χ1) is 16.3. The Morgan fingerprint density at radius 3 is 2.47 bits per heavy atom. The fourth-order valence-corrected chi connectivity index (χ4v) is 4.61. The molecule has 0 aliphatic carbocycles. The van der Waals surface area contributed by atoms with E-state index in [1.54, 1.807) is 29.2 Å². The standard InChI is InChI=1S/C25H21Cl2FN4O2/c1-31-14-20(23(22(27)25(31)34)30-21-12-18(26)5-2-17(21)13-29)24(33)32-10-8-16(9-11-32)15-3-6-19(28)7-4-15/h2-7,12,14,16,30H,8-11H2,1H3. The molecule has 0 saturated carbocycles. The highest BCUT2D eigenvalue weighted by atomic mass is 35.5. The van der Waals surface area contributed by atoms with E-state index in [4.69, 9.17) is 23.2 Å². The smallest absolute Gasteiger partial charge is 0.271 e. The molecule has 0 atom stereocenters.